The summed E-state index contributed by atoms with van der Waals surface area (Å²) in [6.45, 7) is 4.83. The molecule has 3 heteroatoms. The molecule has 0 fully saturated rings. The lowest BCUT2D eigenvalue weighted by Gasteiger charge is -2.20. The Balaban J connectivity index is 3.31. The lowest BCUT2D eigenvalue weighted by Crippen LogP contribution is -2.19. The van der Waals surface area contributed by atoms with Crippen LogP contribution in [0.25, 0.3) is 0 Å². The van der Waals surface area contributed by atoms with Crippen LogP contribution in [0.2, 0.25) is 0 Å². The van der Waals surface area contributed by atoms with Crippen LogP contribution in [0.3, 0.4) is 0 Å². The summed E-state index contributed by atoms with van der Waals surface area (Å²) in [6.07, 6.45) is 2.65. The highest BCUT2D eigenvalue weighted by Crippen LogP contribution is 2.24. The lowest BCUT2D eigenvalue weighted by molar-refractivity contribution is 0.0736. The molecule has 1 aromatic rings. The quantitative estimate of drug-likeness (QED) is 0.694. The van der Waals surface area contributed by atoms with Crippen molar-refractivity contribution in [3.8, 4) is 0 Å². The molecule has 0 atom stereocenters. The van der Waals surface area contributed by atoms with E-state index in [0.717, 1.165) is 6.20 Å². The van der Waals surface area contributed by atoms with Gasteiger partial charge < -0.3 is 5.11 Å². The van der Waals surface area contributed by atoms with Crippen molar-refractivity contribution in [1.29, 1.82) is 0 Å². The number of rotatable bonds is 1. The van der Waals surface area contributed by atoms with Crippen LogP contribution in [0.4, 0.5) is 4.39 Å². The first-order chi connectivity index (χ1) is 5.43. The monoisotopic (exact) mass is 169 g/mol. The number of hydrogen-bond acceptors (Lipinski definition) is 2. The van der Waals surface area contributed by atoms with Gasteiger partial charge in [-0.1, -0.05) is 0 Å². The van der Waals surface area contributed by atoms with E-state index in [1.54, 1.807) is 20.8 Å². The molecule has 1 N–H and O–H groups in total. The van der Waals surface area contributed by atoms with Crippen molar-refractivity contribution in [3.63, 3.8) is 0 Å². The summed E-state index contributed by atoms with van der Waals surface area (Å²) in [4.78, 5) is 3.67. The Morgan fingerprint density at radius 2 is 2.00 bits per heavy atom. The molecule has 0 spiro atoms. The van der Waals surface area contributed by atoms with E-state index in [-0.39, 0.29) is 0 Å². The fraction of sp³-hybridized carbons (Fsp3) is 0.444. The third-order valence-electron chi connectivity index (χ3n) is 1.70. The van der Waals surface area contributed by atoms with Crippen molar-refractivity contribution in [2.45, 2.75) is 26.4 Å². The van der Waals surface area contributed by atoms with Crippen LogP contribution in [-0.4, -0.2) is 10.1 Å². The molecule has 1 aromatic heterocycles. The van der Waals surface area contributed by atoms with Crippen LogP contribution in [0.15, 0.2) is 12.4 Å². The molecule has 66 valence electrons. The molecule has 12 heavy (non-hydrogen) atoms. The first-order valence-electron chi connectivity index (χ1n) is 3.76. The molecule has 2 nitrogen and oxygen atoms in total. The molecule has 0 aliphatic rings. The van der Waals surface area contributed by atoms with E-state index in [9.17, 15) is 9.50 Å². The Hall–Kier alpha value is -0.960. The zero-order valence-corrected chi connectivity index (χ0v) is 7.43. The molecule has 1 heterocycles. The van der Waals surface area contributed by atoms with Gasteiger partial charge in [0.2, 0.25) is 0 Å². The molecule has 0 aromatic carbocycles. The van der Waals surface area contributed by atoms with E-state index in [1.807, 2.05) is 0 Å². The van der Waals surface area contributed by atoms with Gasteiger partial charge in [-0.3, -0.25) is 4.98 Å². The third kappa shape index (κ3) is 1.61. The number of halogens is 1. The zero-order chi connectivity index (χ0) is 9.35. The predicted octanol–water partition coefficient (Wildman–Crippen LogP) is 1.76. The van der Waals surface area contributed by atoms with Gasteiger partial charge in [-0.2, -0.15) is 0 Å². The molecular formula is C9H12FNO. The minimum atomic E-state index is -1.14. The van der Waals surface area contributed by atoms with Crippen LogP contribution >= 0.6 is 0 Å². The molecule has 0 saturated heterocycles. The van der Waals surface area contributed by atoms with Gasteiger partial charge in [-0.05, 0) is 26.3 Å². The van der Waals surface area contributed by atoms with Gasteiger partial charge in [0.25, 0.3) is 0 Å². The second kappa shape index (κ2) is 2.83. The fourth-order valence-electron chi connectivity index (χ4n) is 1.31. The van der Waals surface area contributed by atoms with Crippen LogP contribution < -0.4 is 0 Å². The van der Waals surface area contributed by atoms with E-state index >= 15 is 0 Å². The number of nitrogens with zero attached hydrogens (tertiary/aromatic N) is 1. The van der Waals surface area contributed by atoms with Crippen LogP contribution in [0, 0.1) is 12.7 Å². The maximum atomic E-state index is 13.1. The summed E-state index contributed by atoms with van der Waals surface area (Å²) in [6, 6.07) is 0. The molecule has 0 bridgehead atoms. The van der Waals surface area contributed by atoms with Gasteiger partial charge in [0.05, 0.1) is 11.8 Å². The molecule has 1 rings (SSSR count). The standard InChI is InChI=1S/C9H12FNO/c1-6-4-11-5-7(10)8(6)9(2,3)12/h4-5,12H,1-3H3. The Bertz CT molecular complexity index is 271. The largest absolute Gasteiger partial charge is 0.386 e. The van der Waals surface area contributed by atoms with Crippen molar-refractivity contribution in [2.75, 3.05) is 0 Å². The normalized spacial score (nSPS) is 11.8. The number of aromatic nitrogens is 1. The third-order valence-corrected chi connectivity index (χ3v) is 1.70. The van der Waals surface area contributed by atoms with Crippen LogP contribution in [0.1, 0.15) is 25.0 Å². The highest BCUT2D eigenvalue weighted by atomic mass is 19.1. The number of aliphatic hydroxyl groups is 1. The predicted molar refractivity (Wildman–Crippen MR) is 44.2 cm³/mol. The van der Waals surface area contributed by atoms with Crippen molar-refractivity contribution in [1.82, 2.24) is 4.98 Å². The van der Waals surface area contributed by atoms with Gasteiger partial charge in [0.1, 0.15) is 5.82 Å². The van der Waals surface area contributed by atoms with E-state index in [2.05, 4.69) is 4.98 Å². The first kappa shape index (κ1) is 9.13. The first-order valence-corrected chi connectivity index (χ1v) is 3.76. The minimum Gasteiger partial charge on any atom is -0.386 e. The van der Waals surface area contributed by atoms with Crippen molar-refractivity contribution in [2.24, 2.45) is 0 Å². The highest BCUT2D eigenvalue weighted by Gasteiger charge is 2.22. The summed E-state index contributed by atoms with van der Waals surface area (Å²) in [5, 5.41) is 9.58. The topological polar surface area (TPSA) is 33.1 Å². The summed E-state index contributed by atoms with van der Waals surface area (Å²) >= 11 is 0. The number of hydrogen-bond donors (Lipinski definition) is 1. The molecule has 0 aliphatic heterocycles. The number of aryl methyl sites for hydroxylation is 1. The Morgan fingerprint density at radius 1 is 1.42 bits per heavy atom. The molecule has 0 saturated carbocycles. The lowest BCUT2D eigenvalue weighted by atomic mass is 9.95. The molecule has 0 aliphatic carbocycles. The highest BCUT2D eigenvalue weighted by molar-refractivity contribution is 5.28. The van der Waals surface area contributed by atoms with E-state index in [4.69, 9.17) is 0 Å². The van der Waals surface area contributed by atoms with Gasteiger partial charge >= 0.3 is 0 Å². The molecule has 0 unspecified atom stereocenters. The summed E-state index contributed by atoms with van der Waals surface area (Å²) in [5.74, 6) is -0.456. The van der Waals surface area contributed by atoms with Gasteiger partial charge in [-0.15, -0.1) is 0 Å². The Kier molecular flexibility index (Phi) is 2.15. The zero-order valence-electron chi connectivity index (χ0n) is 7.43. The van der Waals surface area contributed by atoms with Crippen molar-refractivity contribution >= 4 is 0 Å². The van der Waals surface area contributed by atoms with Crippen LogP contribution in [-0.2, 0) is 5.60 Å². The van der Waals surface area contributed by atoms with Crippen LogP contribution in [0.5, 0.6) is 0 Å². The second-order valence-corrected chi connectivity index (χ2v) is 3.37. The number of pyridine rings is 1. The average Bonchev–Trinajstić information content (AvgIpc) is 1.82. The minimum absolute atomic E-state index is 0.317. The van der Waals surface area contributed by atoms with Crippen molar-refractivity contribution in [3.05, 3.63) is 29.3 Å². The van der Waals surface area contributed by atoms with Gasteiger partial charge in [0.15, 0.2) is 0 Å². The maximum Gasteiger partial charge on any atom is 0.147 e. The average molecular weight is 169 g/mol. The van der Waals surface area contributed by atoms with Gasteiger partial charge in [-0.25, -0.2) is 4.39 Å². The summed E-state index contributed by atoms with van der Waals surface area (Å²) < 4.78 is 13.1. The van der Waals surface area contributed by atoms with E-state index in [1.165, 1.54) is 6.20 Å². The summed E-state index contributed by atoms with van der Waals surface area (Å²) in [7, 11) is 0. The van der Waals surface area contributed by atoms with E-state index in [0.29, 0.717) is 11.1 Å². The van der Waals surface area contributed by atoms with Crippen molar-refractivity contribution < 1.29 is 9.50 Å². The second-order valence-electron chi connectivity index (χ2n) is 3.37. The molecule has 0 amide bonds. The fourth-order valence-corrected chi connectivity index (χ4v) is 1.31. The molecule has 0 radical (unpaired) electrons. The van der Waals surface area contributed by atoms with Gasteiger partial charge in [0, 0.05) is 11.8 Å². The SMILES string of the molecule is Cc1cncc(F)c1C(C)(C)O. The smallest absolute Gasteiger partial charge is 0.147 e. The van der Waals surface area contributed by atoms with E-state index < -0.39 is 11.4 Å². The Morgan fingerprint density at radius 3 is 2.33 bits per heavy atom. The maximum absolute atomic E-state index is 13.1. The molecular weight excluding hydrogens is 157 g/mol. The Labute approximate surface area is 71.1 Å². The summed E-state index contributed by atoms with van der Waals surface area (Å²) in [5.41, 5.74) is -0.156.